The molecule has 0 spiro atoms. The normalized spacial score (nSPS) is 27.7. The van der Waals surface area contributed by atoms with Gasteiger partial charge in [0.1, 0.15) is 5.60 Å². The molecule has 0 saturated carbocycles. The first-order valence-electron chi connectivity index (χ1n) is 5.38. The second-order valence-corrected chi connectivity index (χ2v) is 4.65. The lowest BCUT2D eigenvalue weighted by Crippen LogP contribution is -2.39. The van der Waals surface area contributed by atoms with Crippen molar-refractivity contribution in [3.05, 3.63) is 0 Å². The Morgan fingerprint density at radius 1 is 1.31 bits per heavy atom. The molecular weight excluding hydrogens is 164 g/mol. The van der Waals surface area contributed by atoms with E-state index in [1.807, 2.05) is 13.8 Å². The molecule has 2 heteroatoms. The second kappa shape index (κ2) is 3.97. The first kappa shape index (κ1) is 11.0. The van der Waals surface area contributed by atoms with Crippen LogP contribution in [-0.2, 0) is 4.74 Å². The van der Waals surface area contributed by atoms with E-state index in [0.29, 0.717) is 0 Å². The van der Waals surface area contributed by atoms with E-state index in [9.17, 15) is 5.11 Å². The molecule has 0 bridgehead atoms. The lowest BCUT2D eigenvalue weighted by atomic mass is 9.87. The minimum absolute atomic E-state index is 0.208. The van der Waals surface area contributed by atoms with Gasteiger partial charge in [0.2, 0.25) is 0 Å². The number of hydrogen-bond donors (Lipinski definition) is 1. The van der Waals surface area contributed by atoms with Gasteiger partial charge in [0.05, 0.1) is 12.2 Å². The summed E-state index contributed by atoms with van der Waals surface area (Å²) in [5.41, 5.74) is -0.875. The van der Waals surface area contributed by atoms with Crippen LogP contribution in [0.1, 0.15) is 52.9 Å². The van der Waals surface area contributed by atoms with E-state index < -0.39 is 5.60 Å². The van der Waals surface area contributed by atoms with Gasteiger partial charge < -0.3 is 9.84 Å². The van der Waals surface area contributed by atoms with Crippen LogP contribution in [0.3, 0.4) is 0 Å². The summed E-state index contributed by atoms with van der Waals surface area (Å²) in [5.74, 6) is 0. The average Bonchev–Trinajstić information content (AvgIpc) is 2.77. The minimum Gasteiger partial charge on any atom is -0.387 e. The zero-order chi connectivity index (χ0) is 9.95. The van der Waals surface area contributed by atoms with Crippen LogP contribution in [0.2, 0.25) is 0 Å². The molecule has 0 aromatic heterocycles. The van der Waals surface area contributed by atoms with Gasteiger partial charge in [-0.25, -0.2) is 0 Å². The van der Waals surface area contributed by atoms with Crippen LogP contribution in [0, 0.1) is 0 Å². The molecule has 1 atom stereocenters. The Balaban J connectivity index is 2.21. The Bertz CT molecular complexity index is 154. The number of epoxide rings is 1. The monoisotopic (exact) mass is 186 g/mol. The zero-order valence-corrected chi connectivity index (χ0v) is 9.10. The highest BCUT2D eigenvalue weighted by Gasteiger charge is 2.55. The van der Waals surface area contributed by atoms with E-state index in [2.05, 4.69) is 6.92 Å². The maximum atomic E-state index is 9.84. The molecule has 2 nitrogen and oxygen atoms in total. The molecule has 0 amide bonds. The van der Waals surface area contributed by atoms with Crippen molar-refractivity contribution in [3.8, 4) is 0 Å². The summed E-state index contributed by atoms with van der Waals surface area (Å²) in [6.07, 6.45) is 6.00. The van der Waals surface area contributed by atoms with Crippen molar-refractivity contribution in [2.45, 2.75) is 64.1 Å². The lowest BCUT2D eigenvalue weighted by Gasteiger charge is -2.25. The largest absolute Gasteiger partial charge is 0.387 e. The molecule has 1 heterocycles. The van der Waals surface area contributed by atoms with Crippen LogP contribution >= 0.6 is 0 Å². The van der Waals surface area contributed by atoms with Crippen LogP contribution in [0.4, 0.5) is 0 Å². The van der Waals surface area contributed by atoms with Crippen LogP contribution in [0.5, 0.6) is 0 Å². The highest BCUT2D eigenvalue weighted by atomic mass is 16.6. The molecule has 1 unspecified atom stereocenters. The van der Waals surface area contributed by atoms with Gasteiger partial charge in [0, 0.05) is 0 Å². The number of hydrogen-bond acceptors (Lipinski definition) is 2. The summed E-state index contributed by atoms with van der Waals surface area (Å²) in [5, 5.41) is 9.84. The molecule has 1 aliphatic heterocycles. The van der Waals surface area contributed by atoms with Gasteiger partial charge in [0.15, 0.2) is 0 Å². The predicted molar refractivity (Wildman–Crippen MR) is 53.7 cm³/mol. The van der Waals surface area contributed by atoms with Crippen molar-refractivity contribution in [2.24, 2.45) is 0 Å². The maximum Gasteiger partial charge on any atom is 0.120 e. The smallest absolute Gasteiger partial charge is 0.120 e. The molecule has 1 saturated heterocycles. The van der Waals surface area contributed by atoms with Crippen molar-refractivity contribution in [1.29, 1.82) is 0 Å². The van der Waals surface area contributed by atoms with E-state index >= 15 is 0 Å². The van der Waals surface area contributed by atoms with Crippen LogP contribution in [-0.4, -0.2) is 22.9 Å². The topological polar surface area (TPSA) is 32.8 Å². The van der Waals surface area contributed by atoms with E-state index in [4.69, 9.17) is 4.74 Å². The van der Waals surface area contributed by atoms with Gasteiger partial charge in [-0.15, -0.1) is 0 Å². The highest BCUT2D eigenvalue weighted by molar-refractivity contribution is 5.04. The molecular formula is C11H22O2. The van der Waals surface area contributed by atoms with Crippen molar-refractivity contribution in [1.82, 2.24) is 0 Å². The minimum atomic E-state index is -0.667. The first-order chi connectivity index (χ1) is 6.02. The third-order valence-corrected chi connectivity index (χ3v) is 3.04. The molecule has 0 aromatic carbocycles. The summed E-state index contributed by atoms with van der Waals surface area (Å²) >= 11 is 0. The molecule has 0 aromatic rings. The SMILES string of the molecule is CCCCCCC1(C(C)(C)O)CO1. The fourth-order valence-corrected chi connectivity index (χ4v) is 1.73. The second-order valence-electron chi connectivity index (χ2n) is 4.65. The summed E-state index contributed by atoms with van der Waals surface area (Å²) in [7, 11) is 0. The fourth-order valence-electron chi connectivity index (χ4n) is 1.73. The summed E-state index contributed by atoms with van der Waals surface area (Å²) in [4.78, 5) is 0. The Morgan fingerprint density at radius 2 is 1.92 bits per heavy atom. The summed E-state index contributed by atoms with van der Waals surface area (Å²) in [6.45, 7) is 6.64. The van der Waals surface area contributed by atoms with Gasteiger partial charge in [-0.1, -0.05) is 32.6 Å². The Hall–Kier alpha value is -0.0800. The molecule has 0 radical (unpaired) electrons. The van der Waals surface area contributed by atoms with Gasteiger partial charge in [0.25, 0.3) is 0 Å². The number of rotatable bonds is 6. The van der Waals surface area contributed by atoms with Gasteiger partial charge in [-0.2, -0.15) is 0 Å². The van der Waals surface area contributed by atoms with Crippen molar-refractivity contribution < 1.29 is 9.84 Å². The lowest BCUT2D eigenvalue weighted by molar-refractivity contribution is -0.0108. The van der Waals surface area contributed by atoms with Crippen molar-refractivity contribution in [3.63, 3.8) is 0 Å². The Kier molecular flexibility index (Phi) is 3.36. The fraction of sp³-hybridized carbons (Fsp3) is 1.00. The Labute approximate surface area is 81.3 Å². The molecule has 0 aliphatic carbocycles. The van der Waals surface area contributed by atoms with E-state index in [0.717, 1.165) is 13.0 Å². The van der Waals surface area contributed by atoms with Crippen molar-refractivity contribution in [2.75, 3.05) is 6.61 Å². The maximum absolute atomic E-state index is 9.84. The number of ether oxygens (including phenoxy) is 1. The summed E-state index contributed by atoms with van der Waals surface area (Å²) < 4.78 is 5.39. The van der Waals surface area contributed by atoms with Crippen LogP contribution in [0.15, 0.2) is 0 Å². The number of unbranched alkanes of at least 4 members (excludes halogenated alkanes) is 3. The van der Waals surface area contributed by atoms with Gasteiger partial charge >= 0.3 is 0 Å². The van der Waals surface area contributed by atoms with E-state index in [1.54, 1.807) is 0 Å². The molecule has 1 rings (SSSR count). The molecule has 1 fully saturated rings. The zero-order valence-electron chi connectivity index (χ0n) is 9.10. The standard InChI is InChI=1S/C11H22O2/c1-4-5-6-7-8-11(9-13-11)10(2,3)12/h12H,4-9H2,1-3H3. The first-order valence-corrected chi connectivity index (χ1v) is 5.38. The van der Waals surface area contributed by atoms with Crippen molar-refractivity contribution >= 4 is 0 Å². The molecule has 1 aliphatic rings. The highest BCUT2D eigenvalue weighted by Crippen LogP contribution is 2.42. The van der Waals surface area contributed by atoms with Crippen LogP contribution < -0.4 is 0 Å². The molecule has 1 N–H and O–H groups in total. The average molecular weight is 186 g/mol. The Morgan fingerprint density at radius 3 is 2.31 bits per heavy atom. The predicted octanol–water partition coefficient (Wildman–Crippen LogP) is 2.50. The third kappa shape index (κ3) is 2.68. The van der Waals surface area contributed by atoms with Gasteiger partial charge in [-0.05, 0) is 20.3 Å². The van der Waals surface area contributed by atoms with Gasteiger partial charge in [-0.3, -0.25) is 0 Å². The quantitative estimate of drug-likeness (QED) is 0.510. The summed E-state index contributed by atoms with van der Waals surface area (Å²) in [6, 6.07) is 0. The molecule has 13 heavy (non-hydrogen) atoms. The molecule has 78 valence electrons. The van der Waals surface area contributed by atoms with E-state index in [-0.39, 0.29) is 5.60 Å². The van der Waals surface area contributed by atoms with E-state index in [1.165, 1.54) is 25.7 Å². The van der Waals surface area contributed by atoms with Crippen LogP contribution in [0.25, 0.3) is 0 Å². The third-order valence-electron chi connectivity index (χ3n) is 3.04. The number of aliphatic hydroxyl groups is 1.